The number of H-pyrrole nitrogens is 2. The molecule has 5 aliphatic rings. The summed E-state index contributed by atoms with van der Waals surface area (Å²) >= 11 is 0. The Morgan fingerprint density at radius 1 is 0.831 bits per heavy atom. The van der Waals surface area contributed by atoms with E-state index in [2.05, 4.69) is 55.6 Å². The summed E-state index contributed by atoms with van der Waals surface area (Å²) < 4.78 is 16.0. The second-order valence-corrected chi connectivity index (χ2v) is 16.9. The Bertz CT molecular complexity index is 2340. The fraction of sp³-hybridized carbons (Fsp3) is 0.500. The number of imidazole rings is 2. The maximum atomic E-state index is 14.1. The van der Waals surface area contributed by atoms with Gasteiger partial charge in [0, 0.05) is 49.4 Å². The third kappa shape index (κ3) is 7.62. The van der Waals surface area contributed by atoms with Gasteiger partial charge in [-0.2, -0.15) is 0 Å². The molecule has 2 aliphatic carbocycles. The Labute approximate surface area is 342 Å². The highest BCUT2D eigenvalue weighted by Crippen LogP contribution is 2.54. The van der Waals surface area contributed by atoms with Crippen LogP contribution in [0.3, 0.4) is 0 Å². The van der Waals surface area contributed by atoms with Gasteiger partial charge in [0.1, 0.15) is 23.4 Å². The van der Waals surface area contributed by atoms with Crippen molar-refractivity contribution in [3.63, 3.8) is 0 Å². The lowest BCUT2D eigenvalue weighted by molar-refractivity contribution is -0.147. The summed E-state index contributed by atoms with van der Waals surface area (Å²) in [7, 11) is 2.80. The largest absolute Gasteiger partial charge is 0.453 e. The number of benzene rings is 2. The number of alkyl carbamates (subject to hydrolysis) is 2. The fourth-order valence-corrected chi connectivity index (χ4v) is 9.44. The Kier molecular flexibility index (Phi) is 10.3. The molecule has 0 radical (unpaired) electrons. The molecule has 3 saturated heterocycles. The van der Waals surface area contributed by atoms with Crippen molar-refractivity contribution in [3.8, 4) is 23.1 Å². The van der Waals surface area contributed by atoms with Gasteiger partial charge in [0.25, 0.3) is 5.91 Å². The summed E-state index contributed by atoms with van der Waals surface area (Å²) in [6, 6.07) is 11.5. The topological polar surface area (TPSA) is 184 Å². The number of carbonyl (C=O) groups excluding carboxylic acids is 4. The second kappa shape index (κ2) is 15.7. The molecule has 4 amide bonds. The van der Waals surface area contributed by atoms with Crippen LogP contribution in [0, 0.1) is 35.5 Å². The van der Waals surface area contributed by atoms with E-state index in [1.54, 1.807) is 6.20 Å². The van der Waals surface area contributed by atoms with Crippen LogP contribution in [0.4, 0.5) is 9.59 Å². The SMILES string of the molecule is CNC(=O)O[C@H](C(=O)N1[C@@H]2C[C@@H]2C[C@H]1c1ncc(C#Cc2ccc3cc(-c4cnc([C@@H]5C[C@@H]6C[C@@H]6N5C(=O)[C@@H](NC(=O)OC)C(C)C)[nH]4)ccc3c2)[nH]1)C1CCOCC1. The number of hydrogen-bond donors (Lipinski definition) is 4. The smallest absolute Gasteiger partial charge is 0.407 e. The van der Waals surface area contributed by atoms with Crippen molar-refractivity contribution in [2.75, 3.05) is 27.4 Å². The molecule has 0 spiro atoms. The van der Waals surface area contributed by atoms with Crippen molar-refractivity contribution < 1.29 is 33.4 Å². The van der Waals surface area contributed by atoms with Crippen LogP contribution in [0.5, 0.6) is 0 Å². The number of carbonyl (C=O) groups is 4. The van der Waals surface area contributed by atoms with Crippen LogP contribution in [0.1, 0.15) is 87.4 Å². The first-order valence-electron chi connectivity index (χ1n) is 20.7. The van der Waals surface area contributed by atoms with Gasteiger partial charge in [-0.25, -0.2) is 19.6 Å². The first-order valence-corrected chi connectivity index (χ1v) is 20.7. The predicted octanol–water partition coefficient (Wildman–Crippen LogP) is 5.21. The first kappa shape index (κ1) is 38.6. The third-order valence-corrected chi connectivity index (χ3v) is 12.8. The molecule has 15 nitrogen and oxygen atoms in total. The second-order valence-electron chi connectivity index (χ2n) is 16.9. The molecule has 2 aromatic carbocycles. The number of amides is 4. The van der Waals surface area contributed by atoms with Gasteiger partial charge >= 0.3 is 12.2 Å². The number of rotatable bonds is 9. The molecule has 2 saturated carbocycles. The van der Waals surface area contributed by atoms with Crippen molar-refractivity contribution in [3.05, 3.63) is 71.7 Å². The van der Waals surface area contributed by atoms with Crippen molar-refractivity contribution in [1.82, 2.24) is 40.4 Å². The summed E-state index contributed by atoms with van der Waals surface area (Å²) in [6.07, 6.45) is 6.30. The van der Waals surface area contributed by atoms with Crippen molar-refractivity contribution in [2.24, 2.45) is 23.7 Å². The number of nitrogens with one attached hydrogen (secondary N) is 4. The summed E-state index contributed by atoms with van der Waals surface area (Å²) in [4.78, 5) is 72.4. The highest BCUT2D eigenvalue weighted by atomic mass is 16.6. The standard InChI is InChI=1S/C44H50N8O7/c1-23(2)37(50-44(56)57-4)41(53)51-33-17-29(33)20-36(51)40-47-22-32(49-40)28-9-8-26-15-24(5-7-27(26)16-28)6-10-31-21-46-39(48-31)35-19-30-18-34(30)52(35)42(54)38(59-43(55)45-3)25-11-13-58-14-12-25/h5,7-9,15-16,21-23,25,29-30,33-38H,11-14,17-20H2,1-4H3,(H,45,55)(H,46,48)(H,47,49)(H,50,56)/t29-,30+,33-,34+,35-,36-,37-,38-/m0/s1. The van der Waals surface area contributed by atoms with Crippen LogP contribution in [0.25, 0.3) is 22.0 Å². The molecule has 8 atom stereocenters. The molecule has 4 aromatic rings. The number of hydrogen-bond acceptors (Lipinski definition) is 9. The summed E-state index contributed by atoms with van der Waals surface area (Å²) in [5, 5.41) is 7.31. The van der Waals surface area contributed by atoms with E-state index in [0.29, 0.717) is 49.4 Å². The van der Waals surface area contributed by atoms with Gasteiger partial charge in [-0.1, -0.05) is 38.0 Å². The molecule has 5 fully saturated rings. The van der Waals surface area contributed by atoms with Crippen molar-refractivity contribution >= 4 is 34.8 Å². The zero-order valence-electron chi connectivity index (χ0n) is 33.7. The van der Waals surface area contributed by atoms with Crippen molar-refractivity contribution in [1.29, 1.82) is 0 Å². The molecule has 15 heteroatoms. The van der Waals surface area contributed by atoms with Crippen LogP contribution in [0.2, 0.25) is 0 Å². The maximum Gasteiger partial charge on any atom is 0.407 e. The predicted molar refractivity (Wildman–Crippen MR) is 215 cm³/mol. The Morgan fingerprint density at radius 2 is 1.49 bits per heavy atom. The van der Waals surface area contributed by atoms with Crippen LogP contribution in [-0.2, 0) is 23.8 Å². The molecule has 0 unspecified atom stereocenters. The van der Waals surface area contributed by atoms with Gasteiger partial charge in [-0.15, -0.1) is 0 Å². The van der Waals surface area contributed by atoms with E-state index in [1.807, 2.05) is 48.0 Å². The number of piperidine rings is 2. The van der Waals surface area contributed by atoms with Gasteiger partial charge in [-0.05, 0) is 91.2 Å². The average Bonchev–Trinajstić information content (AvgIpc) is 3.85. The number of aromatic amines is 2. The first-order chi connectivity index (χ1) is 28.6. The third-order valence-electron chi connectivity index (χ3n) is 12.8. The summed E-state index contributed by atoms with van der Waals surface area (Å²) in [6.45, 7) is 4.91. The van der Waals surface area contributed by atoms with Crippen molar-refractivity contribution in [2.45, 2.75) is 88.7 Å². The summed E-state index contributed by atoms with van der Waals surface area (Å²) in [5.41, 5.74) is 3.34. The minimum atomic E-state index is -0.872. The van der Waals surface area contributed by atoms with Crippen LogP contribution < -0.4 is 10.6 Å². The molecule has 0 bridgehead atoms. The van der Waals surface area contributed by atoms with Crippen LogP contribution >= 0.6 is 0 Å². The molecule has 4 N–H and O–H groups in total. The van der Waals surface area contributed by atoms with Gasteiger partial charge in [0.15, 0.2) is 6.10 Å². The maximum absolute atomic E-state index is 14.1. The minimum absolute atomic E-state index is 0.100. The van der Waals surface area contributed by atoms with Gasteiger partial charge in [-0.3, -0.25) is 9.59 Å². The molecular weight excluding hydrogens is 753 g/mol. The Balaban J connectivity index is 0.879. The average molecular weight is 803 g/mol. The quantitative estimate of drug-likeness (QED) is 0.165. The number of methoxy groups -OCH3 is 1. The normalized spacial score (nSPS) is 25.4. The molecule has 5 heterocycles. The minimum Gasteiger partial charge on any atom is -0.453 e. The van der Waals surface area contributed by atoms with Crippen LogP contribution in [-0.4, -0.2) is 105 Å². The lowest BCUT2D eigenvalue weighted by Crippen LogP contribution is -2.52. The van der Waals surface area contributed by atoms with E-state index < -0.39 is 24.3 Å². The lowest BCUT2D eigenvalue weighted by Gasteiger charge is -2.34. The van der Waals surface area contributed by atoms with E-state index >= 15 is 0 Å². The van der Waals surface area contributed by atoms with Gasteiger partial charge < -0.3 is 44.6 Å². The summed E-state index contributed by atoms with van der Waals surface area (Å²) in [5.74, 6) is 8.30. The number of nitrogens with zero attached hydrogens (tertiary/aromatic N) is 4. The van der Waals surface area contributed by atoms with Crippen LogP contribution in [0.15, 0.2) is 48.8 Å². The lowest BCUT2D eigenvalue weighted by atomic mass is 9.92. The van der Waals surface area contributed by atoms with E-state index in [4.69, 9.17) is 19.2 Å². The Morgan fingerprint density at radius 3 is 2.19 bits per heavy atom. The zero-order chi connectivity index (χ0) is 40.9. The van der Waals surface area contributed by atoms with E-state index in [-0.39, 0.29) is 47.8 Å². The number of fused-ring (bicyclic) bond motifs is 3. The van der Waals surface area contributed by atoms with Gasteiger partial charge in [0.2, 0.25) is 5.91 Å². The number of aromatic nitrogens is 4. The van der Waals surface area contributed by atoms with Gasteiger partial charge in [0.05, 0.1) is 37.3 Å². The zero-order valence-corrected chi connectivity index (χ0v) is 33.7. The Hall–Kier alpha value is -5.88. The molecular formula is C44H50N8O7. The molecule has 2 aromatic heterocycles. The number of ether oxygens (including phenoxy) is 3. The molecule has 59 heavy (non-hydrogen) atoms. The van der Waals surface area contributed by atoms with E-state index in [1.165, 1.54) is 14.2 Å². The molecule has 3 aliphatic heterocycles. The van der Waals surface area contributed by atoms with E-state index in [0.717, 1.165) is 59.1 Å². The monoisotopic (exact) mass is 802 g/mol. The fourth-order valence-electron chi connectivity index (χ4n) is 9.44. The van der Waals surface area contributed by atoms with E-state index in [9.17, 15) is 19.2 Å². The molecule has 9 rings (SSSR count). The highest BCUT2D eigenvalue weighted by molar-refractivity contribution is 5.89. The molecule has 308 valence electrons. The number of likely N-dealkylation sites (tertiary alicyclic amines) is 2. The highest BCUT2D eigenvalue weighted by Gasteiger charge is 2.58.